The van der Waals surface area contributed by atoms with Crippen molar-refractivity contribution in [2.45, 2.75) is 6.92 Å². The fourth-order valence-electron chi connectivity index (χ4n) is 4.19. The van der Waals surface area contributed by atoms with Crippen LogP contribution < -0.4 is 19.5 Å². The molecule has 3 aromatic carbocycles. The minimum Gasteiger partial charge on any atom is -0.493 e. The molecule has 2 heterocycles. The standard InChI is InChI=1S/C29H26N4O4/c1-19-28-23(20-10-6-4-7-11-20)17-27(31-29(28)33(32-19)22-12-8-5-9-13-22)37-18-26(34)30-21-14-15-24(35-2)25(16-21)36-3/h4-17H,18H2,1-3H3,(H,30,34). The van der Waals surface area contributed by atoms with Crippen LogP contribution in [0.4, 0.5) is 5.69 Å². The van der Waals surface area contributed by atoms with Crippen molar-refractivity contribution in [3.8, 4) is 34.2 Å². The van der Waals surface area contributed by atoms with Gasteiger partial charge in [-0.15, -0.1) is 0 Å². The highest BCUT2D eigenvalue weighted by Crippen LogP contribution is 2.34. The fraction of sp³-hybridized carbons (Fsp3) is 0.138. The van der Waals surface area contributed by atoms with Crippen LogP contribution in [0.2, 0.25) is 0 Å². The molecule has 0 saturated carbocycles. The Labute approximate surface area is 214 Å². The van der Waals surface area contributed by atoms with Crippen molar-refractivity contribution in [1.29, 1.82) is 0 Å². The van der Waals surface area contributed by atoms with Crippen LogP contribution in [-0.2, 0) is 4.79 Å². The number of fused-ring (bicyclic) bond motifs is 1. The van der Waals surface area contributed by atoms with Gasteiger partial charge in [-0.3, -0.25) is 4.79 Å². The number of hydrogen-bond donors (Lipinski definition) is 1. The highest BCUT2D eigenvalue weighted by Gasteiger charge is 2.18. The summed E-state index contributed by atoms with van der Waals surface area (Å²) < 4.78 is 18.2. The topological polar surface area (TPSA) is 87.5 Å². The van der Waals surface area contributed by atoms with E-state index in [1.54, 1.807) is 37.1 Å². The van der Waals surface area contributed by atoms with Gasteiger partial charge in [0.05, 0.1) is 31.0 Å². The number of methoxy groups -OCH3 is 2. The van der Waals surface area contributed by atoms with Gasteiger partial charge >= 0.3 is 0 Å². The molecule has 0 saturated heterocycles. The predicted octanol–water partition coefficient (Wildman–Crippen LogP) is 5.43. The fourth-order valence-corrected chi connectivity index (χ4v) is 4.19. The molecule has 8 heteroatoms. The molecule has 0 atom stereocenters. The first-order valence-electron chi connectivity index (χ1n) is 11.7. The maximum absolute atomic E-state index is 12.7. The van der Waals surface area contributed by atoms with E-state index >= 15 is 0 Å². The van der Waals surface area contributed by atoms with Crippen LogP contribution in [0.3, 0.4) is 0 Å². The van der Waals surface area contributed by atoms with E-state index in [0.29, 0.717) is 28.7 Å². The van der Waals surface area contributed by atoms with Crippen LogP contribution in [-0.4, -0.2) is 41.5 Å². The van der Waals surface area contributed by atoms with Crippen molar-refractivity contribution < 1.29 is 19.0 Å². The minimum atomic E-state index is -0.330. The number of rotatable bonds is 8. The molecule has 5 aromatic rings. The molecule has 1 N–H and O–H groups in total. The van der Waals surface area contributed by atoms with E-state index in [4.69, 9.17) is 24.3 Å². The highest BCUT2D eigenvalue weighted by molar-refractivity contribution is 5.96. The summed E-state index contributed by atoms with van der Waals surface area (Å²) in [6.45, 7) is 1.74. The van der Waals surface area contributed by atoms with Crippen LogP contribution in [0.1, 0.15) is 5.69 Å². The Bertz CT molecular complexity index is 1550. The van der Waals surface area contributed by atoms with E-state index < -0.39 is 0 Å². The van der Waals surface area contributed by atoms with Crippen LogP contribution in [0.5, 0.6) is 17.4 Å². The average Bonchev–Trinajstić information content (AvgIpc) is 3.28. The van der Waals surface area contributed by atoms with Crippen LogP contribution >= 0.6 is 0 Å². The minimum absolute atomic E-state index is 0.223. The molecule has 37 heavy (non-hydrogen) atoms. The second-order valence-corrected chi connectivity index (χ2v) is 8.31. The number of aromatic nitrogens is 3. The van der Waals surface area contributed by atoms with Gasteiger partial charge in [0.2, 0.25) is 5.88 Å². The van der Waals surface area contributed by atoms with Crippen molar-refractivity contribution in [3.63, 3.8) is 0 Å². The molecule has 8 nitrogen and oxygen atoms in total. The number of benzene rings is 3. The van der Waals surface area contributed by atoms with Gasteiger partial charge in [0.1, 0.15) is 0 Å². The Hall–Kier alpha value is -4.85. The number of aryl methyl sites for hydroxylation is 1. The molecule has 0 spiro atoms. The molecule has 5 rings (SSSR count). The van der Waals surface area contributed by atoms with Gasteiger partial charge in [-0.2, -0.15) is 10.1 Å². The smallest absolute Gasteiger partial charge is 0.262 e. The summed E-state index contributed by atoms with van der Waals surface area (Å²) >= 11 is 0. The Balaban J connectivity index is 1.47. The first-order chi connectivity index (χ1) is 18.1. The van der Waals surface area contributed by atoms with E-state index in [-0.39, 0.29) is 12.5 Å². The van der Waals surface area contributed by atoms with Crippen LogP contribution in [0, 0.1) is 6.92 Å². The molecule has 0 radical (unpaired) electrons. The van der Waals surface area contributed by atoms with Gasteiger partial charge in [0.25, 0.3) is 5.91 Å². The SMILES string of the molecule is COc1ccc(NC(=O)COc2cc(-c3ccccc3)c3c(C)nn(-c4ccccc4)c3n2)cc1OC. The molecular weight excluding hydrogens is 468 g/mol. The normalized spacial score (nSPS) is 10.8. The van der Waals surface area contributed by atoms with Crippen LogP contribution in [0.25, 0.3) is 27.8 Å². The zero-order valence-corrected chi connectivity index (χ0v) is 20.8. The van der Waals surface area contributed by atoms with Crippen molar-refractivity contribution >= 4 is 22.6 Å². The number of pyridine rings is 1. The molecule has 2 aromatic heterocycles. The second kappa shape index (κ2) is 10.4. The third-order valence-corrected chi connectivity index (χ3v) is 5.89. The lowest BCUT2D eigenvalue weighted by Gasteiger charge is -2.12. The Morgan fingerprint density at radius 2 is 1.59 bits per heavy atom. The summed E-state index contributed by atoms with van der Waals surface area (Å²) in [4.78, 5) is 17.4. The lowest BCUT2D eigenvalue weighted by Crippen LogP contribution is -2.20. The molecule has 0 aliphatic carbocycles. The van der Waals surface area contributed by atoms with Crippen molar-refractivity contribution in [3.05, 3.63) is 90.6 Å². The zero-order chi connectivity index (χ0) is 25.8. The van der Waals surface area contributed by atoms with Gasteiger partial charge in [-0.1, -0.05) is 48.5 Å². The summed E-state index contributed by atoms with van der Waals surface area (Å²) in [7, 11) is 3.10. The zero-order valence-electron chi connectivity index (χ0n) is 20.8. The van der Waals surface area contributed by atoms with Gasteiger partial charge < -0.3 is 19.5 Å². The molecule has 0 fully saturated rings. The van der Waals surface area contributed by atoms with E-state index in [1.165, 1.54) is 0 Å². The number of anilines is 1. The lowest BCUT2D eigenvalue weighted by atomic mass is 10.0. The number of nitrogens with zero attached hydrogens (tertiary/aromatic N) is 3. The van der Waals surface area contributed by atoms with E-state index in [1.807, 2.05) is 73.7 Å². The number of para-hydroxylation sites is 1. The van der Waals surface area contributed by atoms with E-state index in [9.17, 15) is 4.79 Å². The molecular formula is C29H26N4O4. The number of amides is 1. The summed E-state index contributed by atoms with van der Waals surface area (Å²) in [5.41, 5.74) is 4.89. The quantitative estimate of drug-likeness (QED) is 0.310. The molecule has 0 aliphatic heterocycles. The molecule has 1 amide bonds. The first kappa shape index (κ1) is 23.9. The molecule has 0 bridgehead atoms. The Morgan fingerprint density at radius 1 is 0.892 bits per heavy atom. The first-order valence-corrected chi connectivity index (χ1v) is 11.7. The summed E-state index contributed by atoms with van der Waals surface area (Å²) in [6.07, 6.45) is 0. The molecule has 0 aliphatic rings. The number of carbonyl (C=O) groups is 1. The number of ether oxygens (including phenoxy) is 3. The van der Waals surface area contributed by atoms with Crippen molar-refractivity contribution in [1.82, 2.24) is 14.8 Å². The Kier molecular flexibility index (Phi) is 6.72. The summed E-state index contributed by atoms with van der Waals surface area (Å²) in [5, 5.41) is 8.51. The van der Waals surface area contributed by atoms with Crippen molar-refractivity contribution in [2.24, 2.45) is 0 Å². The average molecular weight is 495 g/mol. The summed E-state index contributed by atoms with van der Waals surface area (Å²) in [5.74, 6) is 1.09. The number of hydrogen-bond acceptors (Lipinski definition) is 6. The second-order valence-electron chi connectivity index (χ2n) is 8.31. The van der Waals surface area contributed by atoms with Crippen molar-refractivity contribution in [2.75, 3.05) is 26.1 Å². The monoisotopic (exact) mass is 494 g/mol. The third-order valence-electron chi connectivity index (χ3n) is 5.89. The molecule has 186 valence electrons. The van der Waals surface area contributed by atoms with Gasteiger partial charge in [0, 0.05) is 17.8 Å². The van der Waals surface area contributed by atoms with Gasteiger partial charge in [-0.25, -0.2) is 4.68 Å². The maximum atomic E-state index is 12.7. The Morgan fingerprint density at radius 3 is 2.30 bits per heavy atom. The van der Waals surface area contributed by atoms with Gasteiger partial charge in [-0.05, 0) is 42.3 Å². The highest BCUT2D eigenvalue weighted by atomic mass is 16.5. The van der Waals surface area contributed by atoms with E-state index in [2.05, 4.69) is 5.32 Å². The molecule has 0 unspecified atom stereocenters. The number of nitrogens with one attached hydrogen (secondary N) is 1. The maximum Gasteiger partial charge on any atom is 0.262 e. The van der Waals surface area contributed by atoms with Gasteiger partial charge in [0.15, 0.2) is 23.8 Å². The lowest BCUT2D eigenvalue weighted by molar-refractivity contribution is -0.118. The largest absolute Gasteiger partial charge is 0.493 e. The number of carbonyl (C=O) groups excluding carboxylic acids is 1. The third kappa shape index (κ3) is 4.95. The predicted molar refractivity (Wildman–Crippen MR) is 143 cm³/mol. The summed E-state index contributed by atoms with van der Waals surface area (Å²) in [6, 6.07) is 26.8. The van der Waals surface area contributed by atoms with Crippen LogP contribution in [0.15, 0.2) is 84.9 Å². The van der Waals surface area contributed by atoms with E-state index in [0.717, 1.165) is 27.9 Å².